The van der Waals surface area contributed by atoms with Gasteiger partial charge in [-0.3, -0.25) is 4.79 Å². The minimum atomic E-state index is -1.53. The molecule has 0 aromatic carbocycles. The van der Waals surface area contributed by atoms with Gasteiger partial charge in [-0.15, -0.1) is 0 Å². The first kappa shape index (κ1) is 31.2. The van der Waals surface area contributed by atoms with Crippen molar-refractivity contribution in [1.82, 2.24) is 0 Å². The predicted octanol–water partition coefficient (Wildman–Crippen LogP) is 1.43. The van der Waals surface area contributed by atoms with Crippen LogP contribution < -0.4 is 0 Å². The molecule has 1 aliphatic rings. The lowest BCUT2D eigenvalue weighted by Gasteiger charge is -2.42. The van der Waals surface area contributed by atoms with Crippen molar-refractivity contribution in [3.05, 3.63) is 0 Å². The van der Waals surface area contributed by atoms with Gasteiger partial charge in [0.15, 0.2) is 0 Å². The molecule has 1 aliphatic heterocycles. The second-order valence-corrected chi connectivity index (χ2v) is 9.61. The fraction of sp³-hybridized carbons (Fsp3) is 0.960. The number of esters is 1. The van der Waals surface area contributed by atoms with Crippen LogP contribution in [0.1, 0.15) is 90.4 Å². The molecule has 9 nitrogen and oxygen atoms in total. The van der Waals surface area contributed by atoms with Crippen molar-refractivity contribution in [1.29, 1.82) is 0 Å². The Balaban J connectivity index is 2.34. The van der Waals surface area contributed by atoms with Crippen LogP contribution in [0, 0.1) is 5.92 Å². The summed E-state index contributed by atoms with van der Waals surface area (Å²) >= 11 is 0. The molecule has 1 saturated heterocycles. The summed E-state index contributed by atoms with van der Waals surface area (Å²) in [4.78, 5) is 12.3. The van der Waals surface area contributed by atoms with E-state index in [0.717, 1.165) is 32.1 Å². The molecular formula is C25H48O9. The van der Waals surface area contributed by atoms with Gasteiger partial charge in [-0.25, -0.2) is 0 Å². The van der Waals surface area contributed by atoms with Crippen LogP contribution in [0.4, 0.5) is 0 Å². The third-order valence-electron chi connectivity index (χ3n) is 6.89. The second kappa shape index (κ2) is 17.6. The largest absolute Gasteiger partial charge is 0.469 e. The molecule has 0 aromatic rings. The minimum absolute atomic E-state index is 0.346. The maximum Gasteiger partial charge on any atom is 0.311 e. The summed E-state index contributed by atoms with van der Waals surface area (Å²) in [6.45, 7) is 1.63. The Labute approximate surface area is 204 Å². The zero-order valence-corrected chi connectivity index (χ0v) is 20.9. The summed E-state index contributed by atoms with van der Waals surface area (Å²) in [5.74, 6) is -1.43. The van der Waals surface area contributed by atoms with Gasteiger partial charge in [0.2, 0.25) is 0 Å². The monoisotopic (exact) mass is 492 g/mol. The summed E-state index contributed by atoms with van der Waals surface area (Å²) in [5, 5.41) is 60.0. The molecule has 0 radical (unpaired) electrons. The molecule has 8 atom stereocenters. The number of unbranched alkanes of at least 4 members (excludes halogenated alkanes) is 8. The lowest BCUT2D eigenvalue weighted by atomic mass is 9.85. The maximum absolute atomic E-state index is 12.3. The number of carbonyl (C=O) groups excluding carboxylic acids is 1. The van der Waals surface area contributed by atoms with Crippen LogP contribution >= 0.6 is 0 Å². The highest BCUT2D eigenvalue weighted by atomic mass is 16.6. The zero-order chi connectivity index (χ0) is 25.5. The molecule has 6 N–H and O–H groups in total. The molecule has 0 aliphatic carbocycles. The first-order chi connectivity index (χ1) is 16.3. The van der Waals surface area contributed by atoms with Gasteiger partial charge in [0.1, 0.15) is 24.4 Å². The Kier molecular flexibility index (Phi) is 16.2. The smallest absolute Gasteiger partial charge is 0.311 e. The molecule has 34 heavy (non-hydrogen) atoms. The Bertz CT molecular complexity index is 531. The van der Waals surface area contributed by atoms with Crippen LogP contribution in [0.2, 0.25) is 0 Å². The lowest BCUT2D eigenvalue weighted by Crippen LogP contribution is -2.61. The van der Waals surface area contributed by atoms with E-state index in [2.05, 4.69) is 6.92 Å². The summed E-state index contributed by atoms with van der Waals surface area (Å²) in [6.07, 6.45) is 3.22. The van der Waals surface area contributed by atoms with E-state index in [0.29, 0.717) is 25.7 Å². The van der Waals surface area contributed by atoms with Crippen molar-refractivity contribution in [3.63, 3.8) is 0 Å². The van der Waals surface area contributed by atoms with E-state index in [1.54, 1.807) is 0 Å². The lowest BCUT2D eigenvalue weighted by molar-refractivity contribution is -0.243. The molecule has 9 heteroatoms. The van der Waals surface area contributed by atoms with Gasteiger partial charge >= 0.3 is 5.97 Å². The first-order valence-electron chi connectivity index (χ1n) is 13.0. The average Bonchev–Trinajstić information content (AvgIpc) is 2.84. The van der Waals surface area contributed by atoms with Crippen molar-refractivity contribution >= 4 is 5.97 Å². The normalized spacial score (nSPS) is 27.8. The van der Waals surface area contributed by atoms with Crippen molar-refractivity contribution in [2.24, 2.45) is 5.92 Å². The summed E-state index contributed by atoms with van der Waals surface area (Å²) in [6, 6.07) is 0. The molecule has 1 heterocycles. The van der Waals surface area contributed by atoms with Gasteiger partial charge in [-0.05, 0) is 19.3 Å². The van der Waals surface area contributed by atoms with Crippen LogP contribution in [0.15, 0.2) is 0 Å². The third kappa shape index (κ3) is 10.4. The minimum Gasteiger partial charge on any atom is -0.469 e. The maximum atomic E-state index is 12.3. The number of methoxy groups -OCH3 is 1. The standard InChI is InChI=1S/C25H48O9/c1-3-4-5-6-7-11-14-18(27)19(28)15-12-9-8-10-13-17(25(32)33-2)24-23(31)22(30)21(29)20(16-26)34-24/h17-24,26-31H,3-16H2,1-2H3/t17?,18?,19?,20-,21-,22+,23-,24-/m1/s1. The van der Waals surface area contributed by atoms with E-state index in [1.165, 1.54) is 32.8 Å². The molecule has 0 amide bonds. The molecule has 3 unspecified atom stereocenters. The van der Waals surface area contributed by atoms with Crippen molar-refractivity contribution < 1.29 is 44.9 Å². The van der Waals surface area contributed by atoms with E-state index in [-0.39, 0.29) is 0 Å². The van der Waals surface area contributed by atoms with Gasteiger partial charge in [-0.2, -0.15) is 0 Å². The average molecular weight is 493 g/mol. The SMILES string of the molecule is CCCCCCCCC(O)C(O)CCCCCCC(C(=O)OC)[C@H]1O[C@H](CO)[C@@H](O)[C@H](O)[C@H]1O. The number of aliphatic hydroxyl groups excluding tert-OH is 6. The molecule has 0 aromatic heterocycles. The number of hydrogen-bond acceptors (Lipinski definition) is 9. The van der Waals surface area contributed by atoms with Gasteiger partial charge in [0.05, 0.1) is 37.9 Å². The topological polar surface area (TPSA) is 157 Å². The number of carbonyl (C=O) groups is 1. The van der Waals surface area contributed by atoms with Gasteiger partial charge < -0.3 is 40.1 Å². The number of rotatable bonds is 18. The third-order valence-corrected chi connectivity index (χ3v) is 6.89. The Morgan fingerprint density at radius 2 is 1.29 bits per heavy atom. The summed E-state index contributed by atoms with van der Waals surface area (Å²) in [7, 11) is 1.23. The molecule has 0 bridgehead atoms. The summed E-state index contributed by atoms with van der Waals surface area (Å²) < 4.78 is 10.4. The van der Waals surface area contributed by atoms with Crippen LogP contribution in [0.3, 0.4) is 0 Å². The van der Waals surface area contributed by atoms with E-state index in [9.17, 15) is 35.4 Å². The Hall–Kier alpha value is -0.810. The van der Waals surface area contributed by atoms with Crippen molar-refractivity contribution in [3.8, 4) is 0 Å². The van der Waals surface area contributed by atoms with E-state index >= 15 is 0 Å². The molecular weight excluding hydrogens is 444 g/mol. The number of aliphatic hydroxyl groups is 6. The highest BCUT2D eigenvalue weighted by Gasteiger charge is 2.48. The molecule has 1 rings (SSSR count). The molecule has 1 fully saturated rings. The van der Waals surface area contributed by atoms with Crippen molar-refractivity contribution in [2.45, 2.75) is 133 Å². The second-order valence-electron chi connectivity index (χ2n) is 9.61. The summed E-state index contributed by atoms with van der Waals surface area (Å²) in [5.41, 5.74) is 0. The zero-order valence-electron chi connectivity index (χ0n) is 20.9. The fourth-order valence-electron chi connectivity index (χ4n) is 4.62. The van der Waals surface area contributed by atoms with Gasteiger partial charge in [0, 0.05) is 0 Å². The highest BCUT2D eigenvalue weighted by Crippen LogP contribution is 2.30. The van der Waals surface area contributed by atoms with Crippen LogP contribution in [0.5, 0.6) is 0 Å². The first-order valence-corrected chi connectivity index (χ1v) is 13.0. The Morgan fingerprint density at radius 3 is 1.79 bits per heavy atom. The van der Waals surface area contributed by atoms with E-state index in [4.69, 9.17) is 9.47 Å². The van der Waals surface area contributed by atoms with Crippen molar-refractivity contribution in [2.75, 3.05) is 13.7 Å². The van der Waals surface area contributed by atoms with Crippen LogP contribution in [-0.4, -0.2) is 93.1 Å². The molecule has 202 valence electrons. The van der Waals surface area contributed by atoms with Gasteiger partial charge in [0.25, 0.3) is 0 Å². The van der Waals surface area contributed by atoms with Crippen LogP contribution in [-0.2, 0) is 14.3 Å². The number of ether oxygens (including phenoxy) is 2. The molecule has 0 spiro atoms. The van der Waals surface area contributed by atoms with E-state index in [1.807, 2.05) is 0 Å². The predicted molar refractivity (Wildman–Crippen MR) is 127 cm³/mol. The highest BCUT2D eigenvalue weighted by molar-refractivity contribution is 5.73. The quantitative estimate of drug-likeness (QED) is 0.123. The van der Waals surface area contributed by atoms with E-state index < -0.39 is 61.2 Å². The fourth-order valence-corrected chi connectivity index (χ4v) is 4.62. The van der Waals surface area contributed by atoms with Gasteiger partial charge in [-0.1, -0.05) is 71.1 Å². The number of hydrogen-bond donors (Lipinski definition) is 6. The van der Waals surface area contributed by atoms with Crippen LogP contribution in [0.25, 0.3) is 0 Å². The Morgan fingerprint density at radius 1 is 0.794 bits per heavy atom. The molecule has 0 saturated carbocycles.